The van der Waals surface area contributed by atoms with E-state index in [1.54, 1.807) is 0 Å². The Labute approximate surface area is 189 Å². The van der Waals surface area contributed by atoms with E-state index in [4.69, 9.17) is 11.5 Å². The predicted octanol–water partition coefficient (Wildman–Crippen LogP) is -2.92. The zero-order valence-electron chi connectivity index (χ0n) is 18.0. The van der Waals surface area contributed by atoms with Crippen molar-refractivity contribution in [2.45, 2.75) is 50.4 Å². The first-order chi connectivity index (χ1) is 15.4. The van der Waals surface area contributed by atoms with Crippen molar-refractivity contribution in [1.29, 1.82) is 0 Å². The molecule has 1 rings (SSSR count). The van der Waals surface area contributed by atoms with Gasteiger partial charge in [-0.2, -0.15) is 0 Å². The van der Waals surface area contributed by atoms with Crippen molar-refractivity contribution in [3.8, 4) is 5.75 Å². The summed E-state index contributed by atoms with van der Waals surface area (Å²) in [5.41, 5.74) is 11.1. The molecule has 1 aromatic carbocycles. The van der Waals surface area contributed by atoms with Crippen LogP contribution in [0.5, 0.6) is 5.75 Å². The van der Waals surface area contributed by atoms with Gasteiger partial charge < -0.3 is 42.7 Å². The Hall–Kier alpha value is -3.71. The molecule has 13 nitrogen and oxygen atoms in total. The molecule has 0 spiro atoms. The summed E-state index contributed by atoms with van der Waals surface area (Å²) >= 11 is 0. The number of aromatic hydroxyl groups is 1. The van der Waals surface area contributed by atoms with Crippen LogP contribution in [0.15, 0.2) is 24.3 Å². The van der Waals surface area contributed by atoms with E-state index >= 15 is 0 Å². The first-order valence-corrected chi connectivity index (χ1v) is 10.0. The van der Waals surface area contributed by atoms with Crippen LogP contribution >= 0.6 is 0 Å². The summed E-state index contributed by atoms with van der Waals surface area (Å²) in [5, 5.41) is 35.0. The number of benzene rings is 1. The average molecular weight is 467 g/mol. The second-order valence-electron chi connectivity index (χ2n) is 7.39. The van der Waals surface area contributed by atoms with Crippen molar-refractivity contribution in [2.75, 3.05) is 6.54 Å². The molecule has 33 heavy (non-hydrogen) atoms. The van der Waals surface area contributed by atoms with Crippen molar-refractivity contribution in [3.63, 3.8) is 0 Å². The second-order valence-corrected chi connectivity index (χ2v) is 7.39. The molecule has 0 saturated heterocycles. The SMILES string of the molecule is CC(O)C(NC(=O)C(Cc1ccc(O)cc1)NC(=O)CNC(=O)C(N)CCC(N)=O)C(=O)O. The number of hydrogen-bond donors (Lipinski definition) is 8. The largest absolute Gasteiger partial charge is 0.508 e. The fraction of sp³-hybridized carbons (Fsp3) is 0.450. The fourth-order valence-corrected chi connectivity index (χ4v) is 2.69. The standard InChI is InChI=1S/C20H29N5O8/c1-10(26)17(20(32)33)25-19(31)14(8-11-2-4-12(27)5-3-11)24-16(29)9-23-18(30)13(21)6-7-15(22)28/h2-5,10,13-14,17,26-27H,6-9,21H2,1H3,(H2,22,28)(H,23,30)(H,24,29)(H,25,31)(H,32,33). The summed E-state index contributed by atoms with van der Waals surface area (Å²) in [6.07, 6.45) is -1.60. The number of amides is 4. The van der Waals surface area contributed by atoms with E-state index in [-0.39, 0.29) is 25.0 Å². The van der Waals surface area contributed by atoms with E-state index in [9.17, 15) is 39.3 Å². The number of phenols is 1. The quantitative estimate of drug-likeness (QED) is 0.148. The molecule has 0 radical (unpaired) electrons. The van der Waals surface area contributed by atoms with Crippen LogP contribution in [0.25, 0.3) is 0 Å². The van der Waals surface area contributed by atoms with Crippen LogP contribution in [0.4, 0.5) is 0 Å². The molecule has 13 heteroatoms. The number of phenolic OH excluding ortho intramolecular Hbond substituents is 1. The Balaban J connectivity index is 2.83. The first-order valence-electron chi connectivity index (χ1n) is 10.0. The third-order valence-corrected chi connectivity index (χ3v) is 4.54. The molecule has 0 saturated carbocycles. The number of carboxylic acid groups (broad SMARTS) is 1. The molecule has 0 aliphatic heterocycles. The predicted molar refractivity (Wildman–Crippen MR) is 114 cm³/mol. The van der Waals surface area contributed by atoms with Gasteiger partial charge in [0.1, 0.15) is 11.8 Å². The van der Waals surface area contributed by atoms with Gasteiger partial charge in [-0.25, -0.2) is 4.79 Å². The highest BCUT2D eigenvalue weighted by molar-refractivity contribution is 5.92. The van der Waals surface area contributed by atoms with Gasteiger partial charge in [-0.05, 0) is 31.0 Å². The van der Waals surface area contributed by atoms with Crippen molar-refractivity contribution in [2.24, 2.45) is 11.5 Å². The zero-order valence-corrected chi connectivity index (χ0v) is 18.0. The molecule has 0 aliphatic carbocycles. The van der Waals surface area contributed by atoms with Gasteiger partial charge in [0.25, 0.3) is 0 Å². The number of carbonyl (C=O) groups excluding carboxylic acids is 4. The lowest BCUT2D eigenvalue weighted by atomic mass is 10.0. The maximum Gasteiger partial charge on any atom is 0.328 e. The fourth-order valence-electron chi connectivity index (χ4n) is 2.69. The third kappa shape index (κ3) is 9.97. The van der Waals surface area contributed by atoms with E-state index in [1.807, 2.05) is 0 Å². The molecule has 0 bridgehead atoms. The number of primary amides is 1. The minimum Gasteiger partial charge on any atom is -0.508 e. The number of hydrogen-bond acceptors (Lipinski definition) is 8. The molecule has 0 aliphatic rings. The number of rotatable bonds is 13. The Kier molecular flexibility index (Phi) is 10.7. The van der Waals surface area contributed by atoms with Crippen LogP contribution in [-0.4, -0.2) is 75.7 Å². The summed E-state index contributed by atoms with van der Waals surface area (Å²) in [4.78, 5) is 59.0. The number of aliphatic hydroxyl groups is 1. The molecule has 182 valence electrons. The number of carbonyl (C=O) groups is 5. The molecule has 1 aromatic rings. The minimum atomic E-state index is -1.61. The van der Waals surface area contributed by atoms with E-state index in [0.29, 0.717) is 5.56 Å². The molecular weight excluding hydrogens is 438 g/mol. The Morgan fingerprint density at radius 3 is 2.15 bits per heavy atom. The maximum absolute atomic E-state index is 12.7. The molecular formula is C20H29N5O8. The lowest BCUT2D eigenvalue weighted by molar-refractivity contribution is -0.145. The second kappa shape index (κ2) is 13.0. The van der Waals surface area contributed by atoms with Crippen LogP contribution in [0.3, 0.4) is 0 Å². The van der Waals surface area contributed by atoms with Crippen LogP contribution in [-0.2, 0) is 30.4 Å². The van der Waals surface area contributed by atoms with Crippen molar-refractivity contribution in [1.82, 2.24) is 16.0 Å². The van der Waals surface area contributed by atoms with Gasteiger partial charge >= 0.3 is 5.97 Å². The van der Waals surface area contributed by atoms with Gasteiger partial charge in [-0.1, -0.05) is 12.1 Å². The molecule has 4 amide bonds. The Bertz CT molecular complexity index is 859. The van der Waals surface area contributed by atoms with E-state index in [2.05, 4.69) is 16.0 Å². The van der Waals surface area contributed by atoms with Crippen molar-refractivity contribution in [3.05, 3.63) is 29.8 Å². The van der Waals surface area contributed by atoms with E-state index in [0.717, 1.165) is 0 Å². The van der Waals surface area contributed by atoms with Crippen molar-refractivity contribution >= 4 is 29.6 Å². The monoisotopic (exact) mass is 467 g/mol. The lowest BCUT2D eigenvalue weighted by Gasteiger charge is -2.23. The van der Waals surface area contributed by atoms with Crippen LogP contribution in [0, 0.1) is 0 Å². The highest BCUT2D eigenvalue weighted by atomic mass is 16.4. The Morgan fingerprint density at radius 1 is 1.03 bits per heavy atom. The summed E-state index contributed by atoms with van der Waals surface area (Å²) in [5.74, 6) is -4.46. The lowest BCUT2D eigenvalue weighted by Crippen LogP contribution is -2.56. The van der Waals surface area contributed by atoms with Crippen LogP contribution < -0.4 is 27.4 Å². The summed E-state index contributed by atoms with van der Waals surface area (Å²) in [6, 6.07) is 1.81. The molecule has 0 heterocycles. The van der Waals surface area contributed by atoms with E-state index in [1.165, 1.54) is 31.2 Å². The molecule has 4 unspecified atom stereocenters. The topological polar surface area (TPSA) is 234 Å². The van der Waals surface area contributed by atoms with Crippen LogP contribution in [0.1, 0.15) is 25.3 Å². The highest BCUT2D eigenvalue weighted by Gasteiger charge is 2.29. The number of aliphatic carboxylic acids is 1. The van der Waals surface area contributed by atoms with Crippen LogP contribution in [0.2, 0.25) is 0 Å². The molecule has 0 aromatic heterocycles. The smallest absolute Gasteiger partial charge is 0.328 e. The third-order valence-electron chi connectivity index (χ3n) is 4.54. The van der Waals surface area contributed by atoms with Crippen molar-refractivity contribution < 1.29 is 39.3 Å². The average Bonchev–Trinajstić information content (AvgIpc) is 2.74. The number of nitrogens with two attached hydrogens (primary N) is 2. The highest BCUT2D eigenvalue weighted by Crippen LogP contribution is 2.12. The van der Waals surface area contributed by atoms with E-state index < -0.39 is 60.4 Å². The summed E-state index contributed by atoms with van der Waals surface area (Å²) < 4.78 is 0. The number of aliphatic hydroxyl groups excluding tert-OH is 1. The summed E-state index contributed by atoms with van der Waals surface area (Å²) in [6.45, 7) is 0.644. The maximum atomic E-state index is 12.7. The minimum absolute atomic E-state index is 0.00934. The summed E-state index contributed by atoms with van der Waals surface area (Å²) in [7, 11) is 0. The number of carboxylic acids is 1. The Morgan fingerprint density at radius 2 is 1.64 bits per heavy atom. The first kappa shape index (κ1) is 27.3. The normalized spacial score (nSPS) is 14.3. The van der Waals surface area contributed by atoms with Gasteiger partial charge in [0.15, 0.2) is 6.04 Å². The van der Waals surface area contributed by atoms with Gasteiger partial charge in [0, 0.05) is 12.8 Å². The number of nitrogens with one attached hydrogen (secondary N) is 3. The molecule has 0 fully saturated rings. The van der Waals surface area contributed by atoms with Gasteiger partial charge in [-0.3, -0.25) is 19.2 Å². The van der Waals surface area contributed by atoms with Gasteiger partial charge in [0.05, 0.1) is 18.7 Å². The molecule has 4 atom stereocenters. The van der Waals surface area contributed by atoms with Gasteiger partial charge in [0.2, 0.25) is 23.6 Å². The molecule has 10 N–H and O–H groups in total. The van der Waals surface area contributed by atoms with Gasteiger partial charge in [-0.15, -0.1) is 0 Å². The zero-order chi connectivity index (χ0) is 25.1.